The Hall–Kier alpha value is -1.84. The smallest absolute Gasteiger partial charge is 0.415 e. The van der Waals surface area contributed by atoms with Crippen molar-refractivity contribution in [3.05, 3.63) is 30.3 Å². The molecule has 2 fully saturated rings. The molecular weight excluding hydrogens is 278 g/mol. The van der Waals surface area contributed by atoms with Gasteiger partial charge < -0.3 is 9.53 Å². The van der Waals surface area contributed by atoms with E-state index in [-0.39, 0.29) is 29.4 Å². The number of carbonyl (C=O) groups excluding carboxylic acids is 2. The molecule has 0 radical (unpaired) electrons. The average Bonchev–Trinajstić information content (AvgIpc) is 2.84. The zero-order valence-corrected chi connectivity index (χ0v) is 13.2. The van der Waals surface area contributed by atoms with Crippen LogP contribution >= 0.6 is 0 Å². The fourth-order valence-corrected chi connectivity index (χ4v) is 3.95. The number of nitrogens with zero attached hydrogens (tertiary/aromatic N) is 1. The Kier molecular flexibility index (Phi) is 3.94. The van der Waals surface area contributed by atoms with Crippen LogP contribution in [0, 0.1) is 5.41 Å². The van der Waals surface area contributed by atoms with E-state index in [0.717, 1.165) is 31.4 Å². The van der Waals surface area contributed by atoms with Crippen LogP contribution in [0.4, 0.5) is 10.5 Å². The van der Waals surface area contributed by atoms with Crippen molar-refractivity contribution in [2.24, 2.45) is 5.41 Å². The molecule has 3 atom stereocenters. The lowest BCUT2D eigenvalue weighted by molar-refractivity contribution is -0.117. The molecule has 1 amide bonds. The minimum Gasteiger partial charge on any atom is -0.444 e. The lowest BCUT2D eigenvalue weighted by Crippen LogP contribution is -2.51. The number of ketones is 1. The molecule has 2 aliphatic rings. The van der Waals surface area contributed by atoms with Gasteiger partial charge in [-0.1, -0.05) is 25.1 Å². The second kappa shape index (κ2) is 5.75. The van der Waals surface area contributed by atoms with E-state index in [1.807, 2.05) is 35.2 Å². The molecule has 1 aliphatic carbocycles. The molecule has 1 saturated carbocycles. The molecule has 1 saturated heterocycles. The molecular formula is C18H23NO3. The van der Waals surface area contributed by atoms with E-state index in [1.54, 1.807) is 6.92 Å². The fraction of sp³-hybridized carbons (Fsp3) is 0.556. The third-order valence-electron chi connectivity index (χ3n) is 5.11. The number of hydrogen-bond donors (Lipinski definition) is 0. The van der Waals surface area contributed by atoms with Crippen molar-refractivity contribution in [1.82, 2.24) is 0 Å². The first-order valence-corrected chi connectivity index (χ1v) is 8.06. The van der Waals surface area contributed by atoms with Crippen LogP contribution in [0.3, 0.4) is 0 Å². The van der Waals surface area contributed by atoms with Crippen LogP contribution in [0.2, 0.25) is 0 Å². The average molecular weight is 301 g/mol. The highest BCUT2D eigenvalue weighted by atomic mass is 16.6. The zero-order chi connectivity index (χ0) is 15.7. The number of para-hydroxylation sites is 1. The lowest BCUT2D eigenvalue weighted by atomic mass is 9.67. The van der Waals surface area contributed by atoms with Gasteiger partial charge in [-0.2, -0.15) is 0 Å². The van der Waals surface area contributed by atoms with Gasteiger partial charge in [0.2, 0.25) is 0 Å². The maximum absolute atomic E-state index is 12.4. The number of anilines is 1. The van der Waals surface area contributed by atoms with Crippen molar-refractivity contribution in [3.63, 3.8) is 0 Å². The SMILES string of the molecule is CC(=O)CC[C@]1(C)CCC[C@H]2OC(=O)N(c3ccccc3)C21. The summed E-state index contributed by atoms with van der Waals surface area (Å²) in [5, 5.41) is 0. The molecule has 1 heterocycles. The third-order valence-corrected chi connectivity index (χ3v) is 5.11. The standard InChI is InChI=1S/C18H23NO3/c1-13(20)10-12-18(2)11-6-9-15-16(18)19(17(21)22-15)14-7-4-3-5-8-14/h3-5,7-8,15-16H,6,9-12H2,1-2H3/t15-,16?,18+/m1/s1. The van der Waals surface area contributed by atoms with Crippen LogP contribution < -0.4 is 4.90 Å². The predicted molar refractivity (Wildman–Crippen MR) is 84.9 cm³/mol. The van der Waals surface area contributed by atoms with Gasteiger partial charge in [0, 0.05) is 12.1 Å². The molecule has 4 nitrogen and oxygen atoms in total. The van der Waals surface area contributed by atoms with Crippen LogP contribution in [-0.4, -0.2) is 24.0 Å². The summed E-state index contributed by atoms with van der Waals surface area (Å²) in [6, 6.07) is 9.73. The summed E-state index contributed by atoms with van der Waals surface area (Å²) in [6.45, 7) is 3.83. The van der Waals surface area contributed by atoms with E-state index in [2.05, 4.69) is 6.92 Å². The summed E-state index contributed by atoms with van der Waals surface area (Å²) < 4.78 is 5.64. The van der Waals surface area contributed by atoms with Gasteiger partial charge >= 0.3 is 6.09 Å². The van der Waals surface area contributed by atoms with Crippen molar-refractivity contribution >= 4 is 17.6 Å². The Morgan fingerprint density at radius 3 is 2.77 bits per heavy atom. The number of benzene rings is 1. The number of Topliss-reactive ketones (excluding diaryl/α,β-unsaturated/α-hetero) is 1. The van der Waals surface area contributed by atoms with Crippen molar-refractivity contribution < 1.29 is 14.3 Å². The lowest BCUT2D eigenvalue weighted by Gasteiger charge is -2.44. The molecule has 22 heavy (non-hydrogen) atoms. The molecule has 118 valence electrons. The number of ether oxygens (including phenoxy) is 1. The first-order chi connectivity index (χ1) is 10.5. The maximum Gasteiger partial charge on any atom is 0.415 e. The van der Waals surface area contributed by atoms with Gasteiger partial charge in [0.25, 0.3) is 0 Å². The van der Waals surface area contributed by atoms with Gasteiger partial charge in [0.15, 0.2) is 0 Å². The maximum atomic E-state index is 12.4. The molecule has 1 aliphatic heterocycles. The number of hydrogen-bond acceptors (Lipinski definition) is 3. The minimum atomic E-state index is -0.253. The van der Waals surface area contributed by atoms with Crippen molar-refractivity contribution in [2.45, 2.75) is 58.1 Å². The molecule has 4 heteroatoms. The van der Waals surface area contributed by atoms with E-state index in [1.165, 1.54) is 0 Å². The summed E-state index contributed by atoms with van der Waals surface area (Å²) in [4.78, 5) is 25.6. The van der Waals surface area contributed by atoms with Crippen LogP contribution in [0.25, 0.3) is 0 Å². The number of fused-ring (bicyclic) bond motifs is 1. The summed E-state index contributed by atoms with van der Waals surface area (Å²) >= 11 is 0. The zero-order valence-electron chi connectivity index (χ0n) is 13.2. The Bertz CT molecular complexity index is 571. The highest BCUT2D eigenvalue weighted by molar-refractivity contribution is 5.91. The van der Waals surface area contributed by atoms with Gasteiger partial charge in [0.1, 0.15) is 11.9 Å². The molecule has 0 aromatic heterocycles. The Balaban J connectivity index is 1.93. The molecule has 0 N–H and O–H groups in total. The Labute approximate surface area is 131 Å². The number of amides is 1. The summed E-state index contributed by atoms with van der Waals surface area (Å²) in [7, 11) is 0. The number of carbonyl (C=O) groups is 2. The second-order valence-electron chi connectivity index (χ2n) is 6.82. The van der Waals surface area contributed by atoms with Gasteiger partial charge in [0.05, 0.1) is 6.04 Å². The van der Waals surface area contributed by atoms with Crippen molar-refractivity contribution in [2.75, 3.05) is 4.90 Å². The Morgan fingerprint density at radius 1 is 1.36 bits per heavy atom. The normalized spacial score (nSPS) is 30.8. The van der Waals surface area contributed by atoms with Gasteiger partial charge in [-0.3, -0.25) is 4.90 Å². The fourth-order valence-electron chi connectivity index (χ4n) is 3.95. The van der Waals surface area contributed by atoms with Crippen molar-refractivity contribution in [3.8, 4) is 0 Å². The molecule has 0 spiro atoms. The van der Waals surface area contributed by atoms with Gasteiger partial charge in [-0.25, -0.2) is 4.79 Å². The van der Waals surface area contributed by atoms with Gasteiger partial charge in [-0.15, -0.1) is 0 Å². The van der Waals surface area contributed by atoms with E-state index < -0.39 is 0 Å². The quantitative estimate of drug-likeness (QED) is 0.846. The van der Waals surface area contributed by atoms with Crippen LogP contribution in [0.15, 0.2) is 30.3 Å². The topological polar surface area (TPSA) is 46.6 Å². The van der Waals surface area contributed by atoms with Crippen LogP contribution in [-0.2, 0) is 9.53 Å². The minimum absolute atomic E-state index is 0.0236. The highest BCUT2D eigenvalue weighted by Crippen LogP contribution is 2.48. The van der Waals surface area contributed by atoms with Crippen LogP contribution in [0.5, 0.6) is 0 Å². The molecule has 1 aromatic rings. The summed E-state index contributed by atoms with van der Waals surface area (Å²) in [5.41, 5.74) is 0.812. The first-order valence-electron chi connectivity index (χ1n) is 8.06. The van der Waals surface area contributed by atoms with E-state index >= 15 is 0 Å². The van der Waals surface area contributed by atoms with E-state index in [4.69, 9.17) is 4.74 Å². The highest BCUT2D eigenvalue weighted by Gasteiger charge is 2.53. The summed E-state index contributed by atoms with van der Waals surface area (Å²) in [6.07, 6.45) is 4.05. The van der Waals surface area contributed by atoms with Crippen molar-refractivity contribution in [1.29, 1.82) is 0 Å². The largest absolute Gasteiger partial charge is 0.444 e. The molecule has 0 bridgehead atoms. The molecule has 1 unspecified atom stereocenters. The predicted octanol–water partition coefficient (Wildman–Crippen LogP) is 3.94. The molecule has 1 aromatic carbocycles. The van der Waals surface area contributed by atoms with Crippen LogP contribution in [0.1, 0.15) is 46.0 Å². The van der Waals surface area contributed by atoms with E-state index in [0.29, 0.717) is 6.42 Å². The number of rotatable bonds is 4. The molecule has 3 rings (SSSR count). The monoisotopic (exact) mass is 301 g/mol. The third kappa shape index (κ3) is 2.62. The Morgan fingerprint density at radius 2 is 2.09 bits per heavy atom. The van der Waals surface area contributed by atoms with Gasteiger partial charge in [-0.05, 0) is 50.2 Å². The second-order valence-corrected chi connectivity index (χ2v) is 6.82. The summed E-state index contributed by atoms with van der Waals surface area (Å²) in [5.74, 6) is 0.208. The van der Waals surface area contributed by atoms with E-state index in [9.17, 15) is 9.59 Å². The first kappa shape index (κ1) is 15.1.